The first kappa shape index (κ1) is 16.7. The Labute approximate surface area is 153 Å². The van der Waals surface area contributed by atoms with Crippen molar-refractivity contribution in [2.24, 2.45) is 0 Å². The molecule has 3 aromatic heterocycles. The Kier molecular flexibility index (Phi) is 4.39. The van der Waals surface area contributed by atoms with Gasteiger partial charge in [-0.2, -0.15) is 0 Å². The Balaban J connectivity index is 2.12. The van der Waals surface area contributed by atoms with Crippen LogP contribution in [0.4, 0.5) is 8.78 Å². The summed E-state index contributed by atoms with van der Waals surface area (Å²) >= 11 is 6.14. The molecule has 130 valence electrons. The molecule has 0 aliphatic rings. The molecule has 0 fully saturated rings. The second kappa shape index (κ2) is 6.84. The molecule has 0 saturated carbocycles. The van der Waals surface area contributed by atoms with Gasteiger partial charge >= 0.3 is 0 Å². The van der Waals surface area contributed by atoms with Crippen LogP contribution in [0.15, 0.2) is 61.1 Å². The number of aryl methyl sites for hydroxylation is 1. The summed E-state index contributed by atoms with van der Waals surface area (Å²) in [5, 5.41) is 0.474. The van der Waals surface area contributed by atoms with E-state index in [4.69, 9.17) is 11.6 Å². The smallest absolute Gasteiger partial charge is 0.123 e. The van der Waals surface area contributed by atoms with Crippen LogP contribution in [-0.4, -0.2) is 21.2 Å². The molecule has 0 aliphatic carbocycles. The predicted octanol–water partition coefficient (Wildman–Crippen LogP) is 5.53. The minimum atomic E-state index is -0.531. The lowest BCUT2D eigenvalue weighted by atomic mass is 10.0. The zero-order valence-electron chi connectivity index (χ0n) is 13.7. The van der Waals surface area contributed by atoms with Crippen molar-refractivity contribution in [2.75, 3.05) is 6.67 Å². The van der Waals surface area contributed by atoms with Gasteiger partial charge in [0, 0.05) is 29.7 Å². The van der Waals surface area contributed by atoms with E-state index >= 15 is 0 Å². The normalized spacial score (nSPS) is 11.2. The molecule has 0 amide bonds. The van der Waals surface area contributed by atoms with Gasteiger partial charge in [-0.1, -0.05) is 23.7 Å². The third kappa shape index (κ3) is 2.84. The standard InChI is InChI=1S/C20H14ClF2N3/c21-15-11-17-19(25-12-15)18(13-1-3-16(23)4-2-13)20(26(17)10-7-22)14-5-8-24-9-6-14/h1-6,8-9,11-12H,7,10H2. The summed E-state index contributed by atoms with van der Waals surface area (Å²) in [4.78, 5) is 8.54. The fourth-order valence-corrected chi connectivity index (χ4v) is 3.36. The molecule has 0 saturated heterocycles. The third-order valence-electron chi connectivity index (χ3n) is 4.26. The number of nitrogens with zero attached hydrogens (tertiary/aromatic N) is 3. The molecule has 0 radical (unpaired) electrons. The monoisotopic (exact) mass is 369 g/mol. The van der Waals surface area contributed by atoms with E-state index in [1.165, 1.54) is 12.1 Å². The summed E-state index contributed by atoms with van der Waals surface area (Å²) in [7, 11) is 0. The van der Waals surface area contributed by atoms with Crippen LogP contribution < -0.4 is 0 Å². The second-order valence-corrected chi connectivity index (χ2v) is 6.26. The van der Waals surface area contributed by atoms with E-state index in [-0.39, 0.29) is 12.4 Å². The third-order valence-corrected chi connectivity index (χ3v) is 4.47. The number of benzene rings is 1. The molecular weight excluding hydrogens is 356 g/mol. The Morgan fingerprint density at radius 1 is 1.00 bits per heavy atom. The molecule has 4 aromatic rings. The van der Waals surface area contributed by atoms with Gasteiger partial charge < -0.3 is 4.57 Å². The second-order valence-electron chi connectivity index (χ2n) is 5.83. The van der Waals surface area contributed by atoms with Crippen molar-refractivity contribution >= 4 is 22.6 Å². The molecule has 4 rings (SSSR count). The lowest BCUT2D eigenvalue weighted by Crippen LogP contribution is -2.02. The van der Waals surface area contributed by atoms with Crippen LogP contribution in [-0.2, 0) is 6.54 Å². The van der Waals surface area contributed by atoms with E-state index in [0.717, 1.165) is 27.9 Å². The van der Waals surface area contributed by atoms with Crippen LogP contribution in [0.5, 0.6) is 0 Å². The molecule has 26 heavy (non-hydrogen) atoms. The first-order valence-corrected chi connectivity index (χ1v) is 8.47. The SMILES string of the molecule is FCCn1c(-c2ccncc2)c(-c2ccc(F)cc2)c2ncc(Cl)cc21. The Morgan fingerprint density at radius 2 is 1.73 bits per heavy atom. The molecule has 0 N–H and O–H groups in total. The van der Waals surface area contributed by atoms with Gasteiger partial charge in [-0.15, -0.1) is 0 Å². The van der Waals surface area contributed by atoms with E-state index < -0.39 is 6.67 Å². The molecule has 3 nitrogen and oxygen atoms in total. The zero-order chi connectivity index (χ0) is 18.1. The van der Waals surface area contributed by atoms with Crippen molar-refractivity contribution in [3.05, 3.63) is 71.9 Å². The molecule has 1 aromatic carbocycles. The van der Waals surface area contributed by atoms with Gasteiger partial charge in [-0.05, 0) is 35.9 Å². The largest absolute Gasteiger partial charge is 0.336 e. The fraction of sp³-hybridized carbons (Fsp3) is 0.100. The molecule has 0 aliphatic heterocycles. The molecule has 0 unspecified atom stereocenters. The number of pyridine rings is 2. The molecule has 0 bridgehead atoms. The van der Waals surface area contributed by atoms with E-state index in [1.54, 1.807) is 36.8 Å². The van der Waals surface area contributed by atoms with E-state index in [0.29, 0.717) is 10.5 Å². The summed E-state index contributed by atoms with van der Waals surface area (Å²) in [6, 6.07) is 11.7. The Morgan fingerprint density at radius 3 is 2.42 bits per heavy atom. The lowest BCUT2D eigenvalue weighted by molar-refractivity contribution is 0.452. The Hall–Kier alpha value is -2.79. The highest BCUT2D eigenvalue weighted by molar-refractivity contribution is 6.31. The van der Waals surface area contributed by atoms with Crippen LogP contribution in [0.1, 0.15) is 0 Å². The molecule has 6 heteroatoms. The van der Waals surface area contributed by atoms with Crippen molar-refractivity contribution < 1.29 is 8.78 Å². The summed E-state index contributed by atoms with van der Waals surface area (Å²) < 4.78 is 28.6. The number of hydrogen-bond donors (Lipinski definition) is 0. The van der Waals surface area contributed by atoms with Crippen LogP contribution in [0.25, 0.3) is 33.4 Å². The number of rotatable bonds is 4. The van der Waals surface area contributed by atoms with Crippen LogP contribution in [0.2, 0.25) is 5.02 Å². The first-order chi connectivity index (χ1) is 12.7. The molecule has 0 spiro atoms. The Bertz CT molecular complexity index is 1060. The van der Waals surface area contributed by atoms with E-state index in [9.17, 15) is 8.78 Å². The van der Waals surface area contributed by atoms with Gasteiger partial charge in [0.2, 0.25) is 0 Å². The number of aromatic nitrogens is 3. The maximum absolute atomic E-state index is 13.4. The van der Waals surface area contributed by atoms with Gasteiger partial charge in [0.1, 0.15) is 12.5 Å². The average Bonchev–Trinajstić information content (AvgIpc) is 2.97. The molecule has 3 heterocycles. The highest BCUT2D eigenvalue weighted by Crippen LogP contribution is 2.40. The molecular formula is C20H14ClF2N3. The molecule has 0 atom stereocenters. The number of hydrogen-bond acceptors (Lipinski definition) is 2. The van der Waals surface area contributed by atoms with Crippen molar-refractivity contribution in [3.8, 4) is 22.4 Å². The minimum absolute atomic E-state index is 0.164. The van der Waals surface area contributed by atoms with E-state index in [2.05, 4.69) is 9.97 Å². The minimum Gasteiger partial charge on any atom is -0.336 e. The van der Waals surface area contributed by atoms with Gasteiger partial charge in [0.25, 0.3) is 0 Å². The van der Waals surface area contributed by atoms with Crippen molar-refractivity contribution in [1.29, 1.82) is 0 Å². The number of halogens is 3. The van der Waals surface area contributed by atoms with Crippen molar-refractivity contribution in [1.82, 2.24) is 14.5 Å². The van der Waals surface area contributed by atoms with Gasteiger partial charge in [-0.3, -0.25) is 9.97 Å². The highest BCUT2D eigenvalue weighted by atomic mass is 35.5. The van der Waals surface area contributed by atoms with Crippen molar-refractivity contribution in [3.63, 3.8) is 0 Å². The van der Waals surface area contributed by atoms with Crippen LogP contribution in [0.3, 0.4) is 0 Å². The zero-order valence-corrected chi connectivity index (χ0v) is 14.4. The predicted molar refractivity (Wildman–Crippen MR) is 99.3 cm³/mol. The topological polar surface area (TPSA) is 30.7 Å². The number of alkyl halides is 1. The number of fused-ring (bicyclic) bond motifs is 1. The summed E-state index contributed by atoms with van der Waals surface area (Å²) in [6.45, 7) is -0.366. The van der Waals surface area contributed by atoms with Gasteiger partial charge in [-0.25, -0.2) is 8.78 Å². The first-order valence-electron chi connectivity index (χ1n) is 8.09. The van der Waals surface area contributed by atoms with Gasteiger partial charge in [0.15, 0.2) is 0 Å². The van der Waals surface area contributed by atoms with Crippen LogP contribution in [0, 0.1) is 5.82 Å². The van der Waals surface area contributed by atoms with Gasteiger partial charge in [0.05, 0.1) is 28.3 Å². The van der Waals surface area contributed by atoms with E-state index in [1.807, 2.05) is 16.7 Å². The highest BCUT2D eigenvalue weighted by Gasteiger charge is 2.21. The quantitative estimate of drug-likeness (QED) is 0.473. The van der Waals surface area contributed by atoms with Crippen molar-refractivity contribution in [2.45, 2.75) is 6.54 Å². The summed E-state index contributed by atoms with van der Waals surface area (Å²) in [6.07, 6.45) is 4.93. The maximum atomic E-state index is 13.4. The lowest BCUT2D eigenvalue weighted by Gasteiger charge is -2.11. The average molecular weight is 370 g/mol. The maximum Gasteiger partial charge on any atom is 0.123 e. The summed E-state index contributed by atoms with van der Waals surface area (Å²) in [5.41, 5.74) is 4.73. The van der Waals surface area contributed by atoms with Crippen LogP contribution >= 0.6 is 11.6 Å². The fourth-order valence-electron chi connectivity index (χ4n) is 3.21. The summed E-state index contributed by atoms with van der Waals surface area (Å²) in [5.74, 6) is -0.317.